The van der Waals surface area contributed by atoms with Crippen molar-refractivity contribution in [3.05, 3.63) is 0 Å². The molecule has 0 radical (unpaired) electrons. The van der Waals surface area contributed by atoms with E-state index in [0.29, 0.717) is 29.7 Å². The topological polar surface area (TPSA) is 148 Å². The summed E-state index contributed by atoms with van der Waals surface area (Å²) in [6.45, 7) is 0.549. The predicted molar refractivity (Wildman–Crippen MR) is 113 cm³/mol. The van der Waals surface area contributed by atoms with E-state index in [1.165, 1.54) is 0 Å². The van der Waals surface area contributed by atoms with Gasteiger partial charge in [-0.3, -0.25) is 14.4 Å². The summed E-state index contributed by atoms with van der Waals surface area (Å²) in [6, 6.07) is 0.154. The van der Waals surface area contributed by atoms with Gasteiger partial charge in [0.05, 0.1) is 12.1 Å². The quantitative estimate of drug-likeness (QED) is 0.168. The number of carbonyl (C=O) groups excluding carboxylic acids is 5. The first-order valence-corrected chi connectivity index (χ1v) is 11.9. The second kappa shape index (κ2) is 10.9. The maximum absolute atomic E-state index is 12.4. The molecule has 0 aromatic carbocycles. The highest BCUT2D eigenvalue weighted by atomic mass is 32.2. The Labute approximate surface area is 185 Å². The van der Waals surface area contributed by atoms with Crippen molar-refractivity contribution >= 4 is 41.4 Å². The maximum Gasteiger partial charge on any atom is 0.333 e. The standard InChI is InChI=1S/C20H30N4O6S/c21-9-5-1-2-6-14(25)12-10-16(26)24(19(12)28)30-17(27)8-4-3-7-15-18-13(11-31-15)22-20(29)23-18/h12-13,15,18H,1-11,21H2,(H2,22,23,29)/t12?,13-,15-,18-/m0/s1. The summed E-state index contributed by atoms with van der Waals surface area (Å²) in [6.07, 6.45) is 4.42. The van der Waals surface area contributed by atoms with Gasteiger partial charge in [0.15, 0.2) is 0 Å². The molecule has 4 atom stereocenters. The third-order valence-electron chi connectivity index (χ3n) is 5.87. The van der Waals surface area contributed by atoms with Gasteiger partial charge >= 0.3 is 12.0 Å². The Morgan fingerprint density at radius 2 is 1.84 bits per heavy atom. The van der Waals surface area contributed by atoms with Gasteiger partial charge in [-0.1, -0.05) is 12.8 Å². The molecule has 4 N–H and O–H groups in total. The number of ketones is 1. The zero-order valence-electron chi connectivity index (χ0n) is 17.5. The van der Waals surface area contributed by atoms with Crippen LogP contribution in [0.5, 0.6) is 0 Å². The average Bonchev–Trinajstić information content (AvgIpc) is 3.37. The summed E-state index contributed by atoms with van der Waals surface area (Å²) in [7, 11) is 0. The van der Waals surface area contributed by atoms with Crippen molar-refractivity contribution in [1.29, 1.82) is 0 Å². The molecule has 172 valence electrons. The molecule has 3 rings (SSSR count). The normalized spacial score (nSPS) is 27.3. The molecule has 0 aromatic heterocycles. The zero-order valence-corrected chi connectivity index (χ0v) is 18.3. The van der Waals surface area contributed by atoms with Crippen LogP contribution in [-0.4, -0.2) is 64.3 Å². The van der Waals surface area contributed by atoms with Crippen molar-refractivity contribution < 1.29 is 28.8 Å². The number of nitrogens with zero attached hydrogens (tertiary/aromatic N) is 1. The van der Waals surface area contributed by atoms with Crippen LogP contribution in [0.1, 0.15) is 57.8 Å². The van der Waals surface area contributed by atoms with Crippen LogP contribution in [0.4, 0.5) is 4.79 Å². The Bertz CT molecular complexity index is 732. The number of urea groups is 1. The van der Waals surface area contributed by atoms with E-state index in [9.17, 15) is 24.0 Å². The Hall–Kier alpha value is -2.14. The van der Waals surface area contributed by atoms with Gasteiger partial charge in [0.25, 0.3) is 11.8 Å². The first kappa shape index (κ1) is 23.5. The molecule has 10 nitrogen and oxygen atoms in total. The number of amides is 4. The Balaban J connectivity index is 1.35. The molecular weight excluding hydrogens is 424 g/mol. The van der Waals surface area contributed by atoms with Crippen LogP contribution in [-0.2, 0) is 24.0 Å². The molecule has 0 aromatic rings. The van der Waals surface area contributed by atoms with E-state index in [1.807, 2.05) is 0 Å². The Morgan fingerprint density at radius 1 is 1.06 bits per heavy atom. The molecule has 4 amide bonds. The van der Waals surface area contributed by atoms with E-state index < -0.39 is 23.7 Å². The molecule has 1 unspecified atom stereocenters. The minimum Gasteiger partial charge on any atom is -0.332 e. The monoisotopic (exact) mass is 454 g/mol. The molecule has 0 saturated carbocycles. The van der Waals surface area contributed by atoms with Crippen LogP contribution in [0.3, 0.4) is 0 Å². The number of fused-ring (bicyclic) bond motifs is 1. The molecule has 3 saturated heterocycles. The number of carbonyl (C=O) groups is 5. The summed E-state index contributed by atoms with van der Waals surface area (Å²) in [5.74, 6) is -2.54. The van der Waals surface area contributed by atoms with Crippen LogP contribution < -0.4 is 16.4 Å². The number of nitrogens with one attached hydrogen (secondary N) is 2. The first-order valence-electron chi connectivity index (χ1n) is 10.9. The molecule has 3 heterocycles. The van der Waals surface area contributed by atoms with Crippen molar-refractivity contribution in [2.75, 3.05) is 12.3 Å². The summed E-state index contributed by atoms with van der Waals surface area (Å²) in [5.41, 5.74) is 5.42. The van der Waals surface area contributed by atoms with Gasteiger partial charge in [-0.2, -0.15) is 11.8 Å². The number of rotatable bonds is 12. The molecule has 0 bridgehead atoms. The number of Topliss-reactive ketones (excluding diaryl/α,β-unsaturated/α-hetero) is 1. The van der Waals surface area contributed by atoms with Crippen LogP contribution in [0.25, 0.3) is 0 Å². The molecule has 3 aliphatic heterocycles. The van der Waals surface area contributed by atoms with Crippen molar-refractivity contribution in [1.82, 2.24) is 15.7 Å². The van der Waals surface area contributed by atoms with Crippen molar-refractivity contribution in [3.63, 3.8) is 0 Å². The van der Waals surface area contributed by atoms with Crippen LogP contribution in [0.2, 0.25) is 0 Å². The lowest BCUT2D eigenvalue weighted by Crippen LogP contribution is -2.36. The van der Waals surface area contributed by atoms with E-state index in [1.54, 1.807) is 11.8 Å². The fourth-order valence-corrected chi connectivity index (χ4v) is 5.70. The van der Waals surface area contributed by atoms with E-state index in [0.717, 1.165) is 31.4 Å². The molecule has 3 fully saturated rings. The number of unbranched alkanes of at least 4 members (excludes halogenated alkanes) is 3. The Morgan fingerprint density at radius 3 is 2.61 bits per heavy atom. The molecule has 31 heavy (non-hydrogen) atoms. The third-order valence-corrected chi connectivity index (χ3v) is 7.38. The van der Waals surface area contributed by atoms with E-state index in [4.69, 9.17) is 10.6 Å². The third kappa shape index (κ3) is 5.97. The predicted octanol–water partition coefficient (Wildman–Crippen LogP) is 0.634. The number of hydrogen-bond donors (Lipinski definition) is 3. The molecule has 11 heteroatoms. The lowest BCUT2D eigenvalue weighted by molar-refractivity contribution is -0.198. The zero-order chi connectivity index (χ0) is 22.4. The fourth-order valence-electron chi connectivity index (χ4n) is 4.16. The van der Waals surface area contributed by atoms with E-state index in [-0.39, 0.29) is 43.2 Å². The van der Waals surface area contributed by atoms with Gasteiger partial charge in [-0.15, -0.1) is 5.06 Å². The van der Waals surface area contributed by atoms with E-state index in [2.05, 4.69) is 10.6 Å². The van der Waals surface area contributed by atoms with Gasteiger partial charge in [0.2, 0.25) is 0 Å². The van der Waals surface area contributed by atoms with Crippen molar-refractivity contribution in [2.24, 2.45) is 11.7 Å². The van der Waals surface area contributed by atoms with Gasteiger partial charge < -0.3 is 21.2 Å². The molecular formula is C20H30N4O6S. The van der Waals surface area contributed by atoms with Crippen LogP contribution >= 0.6 is 11.8 Å². The SMILES string of the molecule is NCCCCCC(=O)C1CC(=O)N(OC(=O)CCCC[C@@H]2SC[C@@H]3NC(=O)N[C@@H]32)C1=O. The Kier molecular flexibility index (Phi) is 8.30. The van der Waals surface area contributed by atoms with Crippen molar-refractivity contribution in [2.45, 2.75) is 75.1 Å². The smallest absolute Gasteiger partial charge is 0.332 e. The summed E-state index contributed by atoms with van der Waals surface area (Å²) < 4.78 is 0. The fraction of sp³-hybridized carbons (Fsp3) is 0.750. The highest BCUT2D eigenvalue weighted by molar-refractivity contribution is 8.00. The second-order valence-corrected chi connectivity index (χ2v) is 9.45. The summed E-state index contributed by atoms with van der Waals surface area (Å²) in [5, 5.41) is 6.58. The lowest BCUT2D eigenvalue weighted by atomic mass is 9.98. The molecule has 0 spiro atoms. The molecule has 0 aliphatic carbocycles. The maximum atomic E-state index is 12.4. The summed E-state index contributed by atoms with van der Waals surface area (Å²) >= 11 is 1.80. The van der Waals surface area contributed by atoms with E-state index >= 15 is 0 Å². The highest BCUT2D eigenvalue weighted by Crippen LogP contribution is 2.33. The second-order valence-electron chi connectivity index (χ2n) is 8.18. The largest absolute Gasteiger partial charge is 0.333 e. The minimum absolute atomic E-state index is 0.0743. The number of thioether (sulfide) groups is 1. The van der Waals surface area contributed by atoms with Crippen molar-refractivity contribution in [3.8, 4) is 0 Å². The molecule has 3 aliphatic rings. The van der Waals surface area contributed by atoms with Crippen LogP contribution in [0, 0.1) is 5.92 Å². The number of imide groups is 1. The number of nitrogens with two attached hydrogens (primary N) is 1. The van der Waals surface area contributed by atoms with Gasteiger partial charge in [-0.25, -0.2) is 9.59 Å². The van der Waals surface area contributed by atoms with Gasteiger partial charge in [0.1, 0.15) is 11.7 Å². The minimum atomic E-state index is -1.05. The van der Waals surface area contributed by atoms with Crippen LogP contribution in [0.15, 0.2) is 0 Å². The average molecular weight is 455 g/mol. The van der Waals surface area contributed by atoms with Gasteiger partial charge in [-0.05, 0) is 32.2 Å². The number of hydrogen-bond acceptors (Lipinski definition) is 8. The number of hydroxylamine groups is 2. The first-order chi connectivity index (χ1) is 14.9. The highest BCUT2D eigenvalue weighted by Gasteiger charge is 2.45. The lowest BCUT2D eigenvalue weighted by Gasteiger charge is -2.16. The van der Waals surface area contributed by atoms with Gasteiger partial charge in [0, 0.05) is 30.3 Å². The summed E-state index contributed by atoms with van der Waals surface area (Å²) in [4.78, 5) is 65.1.